The molecule has 0 heterocycles. The number of aryl methyl sites for hydroxylation is 2. The molecule has 0 fully saturated rings. The fourth-order valence-corrected chi connectivity index (χ4v) is 1.80. The summed E-state index contributed by atoms with van der Waals surface area (Å²) >= 11 is 0. The van der Waals surface area contributed by atoms with Crippen LogP contribution in [0.4, 0.5) is 0 Å². The van der Waals surface area contributed by atoms with E-state index in [9.17, 15) is 0 Å². The average Bonchev–Trinajstić information content (AvgIpc) is 2.21. The van der Waals surface area contributed by atoms with Gasteiger partial charge in [0.15, 0.2) is 0 Å². The molecule has 0 amide bonds. The molecule has 0 saturated carbocycles. The van der Waals surface area contributed by atoms with E-state index < -0.39 is 0 Å². The minimum absolute atomic E-state index is 0.482. The number of methoxy groups -OCH3 is 1. The highest BCUT2D eigenvalue weighted by Crippen LogP contribution is 2.29. The molecule has 0 aliphatic rings. The monoisotopic (exact) mass is 208 g/mol. The predicted molar refractivity (Wildman–Crippen MR) is 63.1 cm³/mol. The number of nitrogens with two attached hydrogens (primary N) is 1. The van der Waals surface area contributed by atoms with Crippen LogP contribution in [0.3, 0.4) is 0 Å². The second-order valence-electron chi connectivity index (χ2n) is 3.78. The molecule has 3 heteroatoms. The molecular weight excluding hydrogens is 188 g/mol. The molecule has 1 aromatic rings. The molecule has 3 nitrogen and oxygen atoms in total. The minimum Gasteiger partial charge on any atom is -0.496 e. The zero-order valence-corrected chi connectivity index (χ0v) is 9.98. The maximum Gasteiger partial charge on any atom is 0.126 e. The van der Waals surface area contributed by atoms with E-state index in [4.69, 9.17) is 10.5 Å². The maximum atomic E-state index is 5.45. The van der Waals surface area contributed by atoms with Crippen molar-refractivity contribution >= 4 is 0 Å². The number of ether oxygens (including phenoxy) is 1. The Morgan fingerprint density at radius 3 is 2.47 bits per heavy atom. The summed E-state index contributed by atoms with van der Waals surface area (Å²) in [6, 6.07) is 2.19. The van der Waals surface area contributed by atoms with Crippen molar-refractivity contribution in [3.8, 4) is 5.75 Å². The van der Waals surface area contributed by atoms with Crippen molar-refractivity contribution in [1.82, 2.24) is 5.32 Å². The largest absolute Gasteiger partial charge is 0.496 e. The van der Waals surface area contributed by atoms with Gasteiger partial charge in [0, 0.05) is 18.8 Å². The predicted octanol–water partition coefficient (Wildman–Crippen LogP) is 1.63. The molecule has 0 unspecified atom stereocenters. The quantitative estimate of drug-likeness (QED) is 0.739. The molecule has 0 radical (unpaired) electrons. The fourth-order valence-electron chi connectivity index (χ4n) is 1.80. The third kappa shape index (κ3) is 2.49. The van der Waals surface area contributed by atoms with Crippen molar-refractivity contribution in [2.45, 2.75) is 27.3 Å². The maximum absolute atomic E-state index is 5.45. The first-order valence-electron chi connectivity index (χ1n) is 5.16. The van der Waals surface area contributed by atoms with E-state index in [1.165, 1.54) is 22.3 Å². The van der Waals surface area contributed by atoms with Crippen LogP contribution < -0.4 is 15.8 Å². The Bertz CT molecular complexity index is 348. The molecule has 84 valence electrons. The van der Waals surface area contributed by atoms with Crippen molar-refractivity contribution in [3.05, 3.63) is 28.3 Å². The van der Waals surface area contributed by atoms with Crippen LogP contribution in [0.1, 0.15) is 22.3 Å². The number of hydrogen-bond donors (Lipinski definition) is 2. The van der Waals surface area contributed by atoms with E-state index in [1.54, 1.807) is 7.11 Å². The summed E-state index contributed by atoms with van der Waals surface area (Å²) in [6.45, 7) is 7.52. The molecule has 0 aliphatic heterocycles. The summed E-state index contributed by atoms with van der Waals surface area (Å²) < 4.78 is 5.45. The van der Waals surface area contributed by atoms with Crippen LogP contribution in [0, 0.1) is 20.8 Å². The molecule has 1 aromatic carbocycles. The number of nitrogens with one attached hydrogen (secondary N) is 1. The number of benzene rings is 1. The van der Waals surface area contributed by atoms with Gasteiger partial charge in [0.25, 0.3) is 0 Å². The first-order chi connectivity index (χ1) is 7.11. The van der Waals surface area contributed by atoms with Crippen molar-refractivity contribution in [1.29, 1.82) is 0 Å². The van der Waals surface area contributed by atoms with Gasteiger partial charge in [-0.2, -0.15) is 0 Å². The van der Waals surface area contributed by atoms with Gasteiger partial charge in [-0.3, -0.25) is 0 Å². The van der Waals surface area contributed by atoms with Crippen molar-refractivity contribution < 1.29 is 4.74 Å². The summed E-state index contributed by atoms with van der Waals surface area (Å²) in [5.74, 6) is 0.980. The zero-order valence-electron chi connectivity index (χ0n) is 9.98. The second-order valence-corrected chi connectivity index (χ2v) is 3.78. The lowest BCUT2D eigenvalue weighted by atomic mass is 9.99. The lowest BCUT2D eigenvalue weighted by Crippen LogP contribution is -2.22. The van der Waals surface area contributed by atoms with Crippen LogP contribution in [0.5, 0.6) is 5.75 Å². The highest BCUT2D eigenvalue weighted by molar-refractivity contribution is 5.49. The van der Waals surface area contributed by atoms with Crippen LogP contribution in [-0.4, -0.2) is 13.8 Å². The Kier molecular flexibility index (Phi) is 4.12. The van der Waals surface area contributed by atoms with Gasteiger partial charge in [-0.25, -0.2) is 0 Å². The van der Waals surface area contributed by atoms with E-state index in [0.717, 1.165) is 12.3 Å². The van der Waals surface area contributed by atoms with Crippen LogP contribution >= 0.6 is 0 Å². The molecule has 0 atom stereocenters. The number of hydrogen-bond acceptors (Lipinski definition) is 3. The van der Waals surface area contributed by atoms with E-state index in [0.29, 0.717) is 6.67 Å². The van der Waals surface area contributed by atoms with Gasteiger partial charge in [0.1, 0.15) is 5.75 Å². The highest BCUT2D eigenvalue weighted by Gasteiger charge is 2.11. The van der Waals surface area contributed by atoms with Gasteiger partial charge in [0.2, 0.25) is 0 Å². The van der Waals surface area contributed by atoms with E-state index >= 15 is 0 Å². The molecular formula is C12H20N2O. The van der Waals surface area contributed by atoms with Crippen molar-refractivity contribution in [2.75, 3.05) is 13.8 Å². The van der Waals surface area contributed by atoms with E-state index in [1.807, 2.05) is 0 Å². The van der Waals surface area contributed by atoms with Crippen LogP contribution in [0.25, 0.3) is 0 Å². The van der Waals surface area contributed by atoms with E-state index in [2.05, 4.69) is 32.2 Å². The van der Waals surface area contributed by atoms with Gasteiger partial charge < -0.3 is 15.8 Å². The summed E-state index contributed by atoms with van der Waals surface area (Å²) in [6.07, 6.45) is 0. The number of rotatable bonds is 4. The Hall–Kier alpha value is -1.06. The molecule has 0 spiro atoms. The first kappa shape index (κ1) is 12.0. The molecule has 15 heavy (non-hydrogen) atoms. The minimum atomic E-state index is 0.482. The highest BCUT2D eigenvalue weighted by atomic mass is 16.5. The molecule has 0 aromatic heterocycles. The van der Waals surface area contributed by atoms with Crippen LogP contribution in [-0.2, 0) is 6.54 Å². The third-order valence-electron chi connectivity index (χ3n) is 2.77. The summed E-state index contributed by atoms with van der Waals surface area (Å²) in [7, 11) is 1.72. The Balaban J connectivity index is 3.16. The summed E-state index contributed by atoms with van der Waals surface area (Å²) in [5.41, 5.74) is 10.4. The Labute approximate surface area is 91.6 Å². The van der Waals surface area contributed by atoms with Gasteiger partial charge in [-0.15, -0.1) is 0 Å². The van der Waals surface area contributed by atoms with Gasteiger partial charge >= 0.3 is 0 Å². The lowest BCUT2D eigenvalue weighted by molar-refractivity contribution is 0.404. The van der Waals surface area contributed by atoms with Crippen molar-refractivity contribution in [2.24, 2.45) is 5.73 Å². The molecule has 0 aliphatic carbocycles. The van der Waals surface area contributed by atoms with Crippen molar-refractivity contribution in [3.63, 3.8) is 0 Å². The van der Waals surface area contributed by atoms with Gasteiger partial charge in [0.05, 0.1) is 7.11 Å². The standard InChI is InChI=1S/C12H20N2O/c1-8-5-9(2)11(6-14-7-13)12(15-4)10(8)3/h5,14H,6-7,13H2,1-4H3. The SMILES string of the molecule is COc1c(C)c(C)cc(C)c1CNCN. The van der Waals surface area contributed by atoms with Crippen LogP contribution in [0.15, 0.2) is 6.07 Å². The Morgan fingerprint density at radius 1 is 1.27 bits per heavy atom. The smallest absolute Gasteiger partial charge is 0.126 e. The van der Waals surface area contributed by atoms with Gasteiger partial charge in [-0.05, 0) is 37.5 Å². The topological polar surface area (TPSA) is 47.3 Å². The molecule has 3 N–H and O–H groups in total. The first-order valence-corrected chi connectivity index (χ1v) is 5.16. The molecule has 0 bridgehead atoms. The fraction of sp³-hybridized carbons (Fsp3) is 0.500. The summed E-state index contributed by atoms with van der Waals surface area (Å²) in [5, 5.41) is 3.12. The molecule has 0 saturated heterocycles. The van der Waals surface area contributed by atoms with E-state index in [-0.39, 0.29) is 0 Å². The molecule has 1 rings (SSSR count). The summed E-state index contributed by atoms with van der Waals surface area (Å²) in [4.78, 5) is 0. The normalized spacial score (nSPS) is 10.5. The zero-order chi connectivity index (χ0) is 11.4. The average molecular weight is 208 g/mol. The second kappa shape index (κ2) is 5.14. The van der Waals surface area contributed by atoms with Crippen LogP contribution in [0.2, 0.25) is 0 Å². The third-order valence-corrected chi connectivity index (χ3v) is 2.77. The Morgan fingerprint density at radius 2 is 1.93 bits per heavy atom. The van der Waals surface area contributed by atoms with Gasteiger partial charge in [-0.1, -0.05) is 6.07 Å². The lowest BCUT2D eigenvalue weighted by Gasteiger charge is -2.16.